The summed E-state index contributed by atoms with van der Waals surface area (Å²) in [5.41, 5.74) is 1.39. The summed E-state index contributed by atoms with van der Waals surface area (Å²) in [7, 11) is 0. The molecule has 32 heavy (non-hydrogen) atoms. The quantitative estimate of drug-likeness (QED) is 0.367. The maximum Gasteiger partial charge on any atom is 0.306 e. The van der Waals surface area contributed by atoms with Crippen molar-refractivity contribution in [3.05, 3.63) is 54.1 Å². The number of carbonyl (C=O) groups excluding carboxylic acids is 3. The predicted octanol–water partition coefficient (Wildman–Crippen LogP) is 3.88. The number of esters is 1. The van der Waals surface area contributed by atoms with Crippen LogP contribution in [0, 0.1) is 0 Å². The van der Waals surface area contributed by atoms with Crippen LogP contribution in [0.3, 0.4) is 0 Å². The number of anilines is 2. The van der Waals surface area contributed by atoms with Crippen LogP contribution in [0.2, 0.25) is 0 Å². The summed E-state index contributed by atoms with van der Waals surface area (Å²) in [5.74, 6) is -0.484. The van der Waals surface area contributed by atoms with Crippen molar-refractivity contribution in [2.75, 3.05) is 23.8 Å². The lowest BCUT2D eigenvalue weighted by Gasteiger charge is -2.14. The monoisotopic (exact) mass is 457 g/mol. The maximum absolute atomic E-state index is 12.7. The van der Waals surface area contributed by atoms with Crippen molar-refractivity contribution in [1.82, 2.24) is 5.32 Å². The molecule has 0 spiro atoms. The number of carbonyl (C=O) groups is 3. The van der Waals surface area contributed by atoms with Crippen LogP contribution in [0.1, 0.15) is 43.5 Å². The van der Waals surface area contributed by atoms with Gasteiger partial charge in [-0.25, -0.2) is 0 Å². The molecule has 2 amide bonds. The fourth-order valence-electron chi connectivity index (χ4n) is 2.64. The minimum absolute atomic E-state index is 0.0262. The number of amides is 2. The number of thiocarbonyl (C=S) groups is 1. The molecule has 0 aliphatic heterocycles. The molecule has 2 rings (SSSR count). The van der Waals surface area contributed by atoms with Crippen LogP contribution in [0.5, 0.6) is 5.75 Å². The van der Waals surface area contributed by atoms with Crippen LogP contribution >= 0.6 is 12.2 Å². The Morgan fingerprint density at radius 3 is 2.34 bits per heavy atom. The normalized spacial score (nSPS) is 10.1. The number of para-hydroxylation sites is 1. The summed E-state index contributed by atoms with van der Waals surface area (Å²) in [6.45, 7) is 4.68. The van der Waals surface area contributed by atoms with Gasteiger partial charge in [0.2, 0.25) is 5.91 Å². The summed E-state index contributed by atoms with van der Waals surface area (Å²) in [6, 6.07) is 13.8. The zero-order valence-corrected chi connectivity index (χ0v) is 18.9. The molecule has 0 bridgehead atoms. The fourth-order valence-corrected chi connectivity index (χ4v) is 2.86. The van der Waals surface area contributed by atoms with Gasteiger partial charge in [0.1, 0.15) is 5.75 Å². The van der Waals surface area contributed by atoms with E-state index in [1.165, 1.54) is 0 Å². The number of benzene rings is 2. The van der Waals surface area contributed by atoms with Gasteiger partial charge in [-0.1, -0.05) is 19.1 Å². The van der Waals surface area contributed by atoms with Crippen molar-refractivity contribution < 1.29 is 23.9 Å². The van der Waals surface area contributed by atoms with Gasteiger partial charge in [0.05, 0.1) is 30.9 Å². The van der Waals surface area contributed by atoms with E-state index in [-0.39, 0.29) is 23.9 Å². The van der Waals surface area contributed by atoms with Gasteiger partial charge in [-0.05, 0) is 62.0 Å². The molecule has 0 aromatic heterocycles. The van der Waals surface area contributed by atoms with E-state index in [9.17, 15) is 14.4 Å². The van der Waals surface area contributed by atoms with Gasteiger partial charge in [-0.2, -0.15) is 0 Å². The number of hydrogen-bond donors (Lipinski definition) is 3. The molecule has 0 heterocycles. The average Bonchev–Trinajstić information content (AvgIpc) is 2.78. The van der Waals surface area contributed by atoms with E-state index in [1.807, 2.05) is 13.8 Å². The van der Waals surface area contributed by atoms with E-state index in [4.69, 9.17) is 21.7 Å². The molecule has 0 fully saturated rings. The summed E-state index contributed by atoms with van der Waals surface area (Å²) in [6.07, 6.45) is 0.636. The van der Waals surface area contributed by atoms with Crippen molar-refractivity contribution in [3.8, 4) is 5.75 Å². The van der Waals surface area contributed by atoms with Crippen LogP contribution in [-0.2, 0) is 14.3 Å². The molecule has 8 nitrogen and oxygen atoms in total. The molecular weight excluding hydrogens is 430 g/mol. The second-order valence-corrected chi connectivity index (χ2v) is 7.09. The standard InChI is InChI=1S/C23H27N3O5S/c1-3-15-31-21(28)14-13-20(27)26-23(32)25-19-8-6-5-7-18(19)22(29)24-16-9-11-17(12-10-16)30-4-2/h5-12H,3-4,13-15H2,1-2H3,(H,24,29)(H2,25,26,27,32). The third-order valence-corrected chi connectivity index (χ3v) is 4.32. The van der Waals surface area contributed by atoms with E-state index >= 15 is 0 Å². The molecular formula is C23H27N3O5S. The topological polar surface area (TPSA) is 106 Å². The zero-order chi connectivity index (χ0) is 23.3. The van der Waals surface area contributed by atoms with Gasteiger partial charge in [-0.15, -0.1) is 0 Å². The molecule has 0 aliphatic carbocycles. The molecule has 2 aromatic rings. The highest BCUT2D eigenvalue weighted by atomic mass is 32.1. The summed E-state index contributed by atoms with van der Waals surface area (Å²) < 4.78 is 10.3. The van der Waals surface area contributed by atoms with Crippen LogP contribution in [-0.4, -0.2) is 36.1 Å². The van der Waals surface area contributed by atoms with Gasteiger partial charge < -0.3 is 25.4 Å². The smallest absolute Gasteiger partial charge is 0.306 e. The first-order chi connectivity index (χ1) is 15.4. The Balaban J connectivity index is 1.93. The highest BCUT2D eigenvalue weighted by molar-refractivity contribution is 7.80. The third kappa shape index (κ3) is 8.35. The second-order valence-electron chi connectivity index (χ2n) is 6.68. The number of hydrogen-bond acceptors (Lipinski definition) is 6. The van der Waals surface area contributed by atoms with Crippen molar-refractivity contribution >= 4 is 46.5 Å². The van der Waals surface area contributed by atoms with Crippen molar-refractivity contribution in [2.45, 2.75) is 33.1 Å². The summed E-state index contributed by atoms with van der Waals surface area (Å²) in [4.78, 5) is 36.3. The first kappa shape index (κ1) is 24.8. The van der Waals surface area contributed by atoms with Crippen molar-refractivity contribution in [2.24, 2.45) is 0 Å². The highest BCUT2D eigenvalue weighted by Crippen LogP contribution is 2.19. The number of rotatable bonds is 10. The fraction of sp³-hybridized carbons (Fsp3) is 0.304. The number of nitrogens with one attached hydrogen (secondary N) is 3. The lowest BCUT2D eigenvalue weighted by molar-refractivity contribution is -0.144. The van der Waals surface area contributed by atoms with Gasteiger partial charge in [0, 0.05) is 12.1 Å². The molecule has 9 heteroatoms. The molecule has 0 unspecified atom stereocenters. The molecule has 3 N–H and O–H groups in total. The van der Waals surface area contributed by atoms with E-state index in [1.54, 1.807) is 48.5 Å². The number of ether oxygens (including phenoxy) is 2. The molecule has 2 aromatic carbocycles. The minimum Gasteiger partial charge on any atom is -0.494 e. The summed E-state index contributed by atoms with van der Waals surface area (Å²) in [5, 5.41) is 8.20. The van der Waals surface area contributed by atoms with Crippen molar-refractivity contribution in [3.63, 3.8) is 0 Å². The first-order valence-corrected chi connectivity index (χ1v) is 10.7. The largest absolute Gasteiger partial charge is 0.494 e. The SMILES string of the molecule is CCCOC(=O)CCC(=O)NC(=S)Nc1ccccc1C(=O)Nc1ccc(OCC)cc1. The third-order valence-electron chi connectivity index (χ3n) is 4.12. The molecule has 0 radical (unpaired) electrons. The minimum atomic E-state index is -0.433. The lowest BCUT2D eigenvalue weighted by atomic mass is 10.1. The first-order valence-electron chi connectivity index (χ1n) is 10.3. The predicted molar refractivity (Wildman–Crippen MR) is 127 cm³/mol. The van der Waals surface area contributed by atoms with Crippen molar-refractivity contribution in [1.29, 1.82) is 0 Å². The van der Waals surface area contributed by atoms with E-state index in [0.717, 1.165) is 6.42 Å². The molecule has 0 saturated heterocycles. The van der Waals surface area contributed by atoms with E-state index in [0.29, 0.717) is 35.9 Å². The summed E-state index contributed by atoms with van der Waals surface area (Å²) >= 11 is 5.17. The maximum atomic E-state index is 12.7. The van der Waals surface area contributed by atoms with Gasteiger partial charge in [0.25, 0.3) is 5.91 Å². The molecule has 0 saturated carbocycles. The molecule has 170 valence electrons. The Morgan fingerprint density at radius 2 is 1.66 bits per heavy atom. The van der Waals surface area contributed by atoms with Gasteiger partial charge in [0.15, 0.2) is 5.11 Å². The van der Waals surface area contributed by atoms with Crippen LogP contribution in [0.25, 0.3) is 0 Å². The van der Waals surface area contributed by atoms with E-state index < -0.39 is 11.9 Å². The molecule has 0 aliphatic rings. The lowest BCUT2D eigenvalue weighted by Crippen LogP contribution is -2.34. The van der Waals surface area contributed by atoms with Gasteiger partial charge >= 0.3 is 5.97 Å². The average molecular weight is 458 g/mol. The van der Waals surface area contributed by atoms with Gasteiger partial charge in [-0.3, -0.25) is 14.4 Å². The Morgan fingerprint density at radius 1 is 0.938 bits per heavy atom. The second kappa shape index (κ2) is 13.1. The molecule has 0 atom stereocenters. The van der Waals surface area contributed by atoms with Crippen LogP contribution in [0.15, 0.2) is 48.5 Å². The van der Waals surface area contributed by atoms with E-state index in [2.05, 4.69) is 16.0 Å². The Labute approximate surface area is 192 Å². The Kier molecular flexibility index (Phi) is 10.1. The Hall–Kier alpha value is -3.46. The Bertz CT molecular complexity index is 947. The zero-order valence-electron chi connectivity index (χ0n) is 18.1. The van der Waals surface area contributed by atoms with Crippen LogP contribution in [0.4, 0.5) is 11.4 Å². The highest BCUT2D eigenvalue weighted by Gasteiger charge is 2.14. The van der Waals surface area contributed by atoms with Crippen LogP contribution < -0.4 is 20.7 Å².